The maximum Gasteiger partial charge on any atom is 0.405 e. The molecule has 12 atom stereocenters. The van der Waals surface area contributed by atoms with Gasteiger partial charge in [0.2, 0.25) is 11.8 Å². The minimum absolute atomic E-state index is 0.0610. The van der Waals surface area contributed by atoms with E-state index in [0.29, 0.717) is 68.3 Å². The number of carbonyl (C=O) groups excluding carboxylic acids is 3. The molecule has 4 rings (SSSR count). The number of ether oxygens (including phenoxy) is 5. The summed E-state index contributed by atoms with van der Waals surface area (Å²) in [5, 5.41) is 58.6. The minimum atomic E-state index is -0.926. The van der Waals surface area contributed by atoms with Crippen molar-refractivity contribution in [2.24, 2.45) is 29.4 Å². The molecule has 16 heteroatoms. The van der Waals surface area contributed by atoms with E-state index < -0.39 is 54.9 Å². The molecule has 0 unspecified atom stereocenters. The summed E-state index contributed by atoms with van der Waals surface area (Å²) in [5.41, 5.74) is 9.51. The first-order valence-corrected chi connectivity index (χ1v) is 23.8. The highest BCUT2D eigenvalue weighted by Crippen LogP contribution is 2.29. The number of hydrogen-bond acceptors (Lipinski definition) is 13. The molecular weight excluding hydrogens is 887 g/mol. The summed E-state index contributed by atoms with van der Waals surface area (Å²) in [6.07, 6.45) is 8.62. The van der Waals surface area contributed by atoms with Crippen molar-refractivity contribution >= 4 is 29.3 Å². The Hall–Kier alpha value is -5.07. The molecule has 2 aromatic rings. The first-order valence-electron chi connectivity index (χ1n) is 23.8. The number of aromatic hydroxyl groups is 2. The molecule has 2 aliphatic heterocycles. The van der Waals surface area contributed by atoms with E-state index in [1.54, 1.807) is 52.5 Å². The van der Waals surface area contributed by atoms with E-state index in [4.69, 9.17) is 29.4 Å². The van der Waals surface area contributed by atoms with Crippen LogP contribution >= 0.6 is 0 Å². The molecule has 0 aliphatic carbocycles. The van der Waals surface area contributed by atoms with Gasteiger partial charge in [0.15, 0.2) is 6.10 Å². The Bertz CT molecular complexity index is 2070. The highest BCUT2D eigenvalue weighted by Gasteiger charge is 2.31. The number of anilines is 2. The van der Waals surface area contributed by atoms with Gasteiger partial charge in [-0.1, -0.05) is 52.0 Å². The zero-order valence-electron chi connectivity index (χ0n) is 42.1. The van der Waals surface area contributed by atoms with Crippen LogP contribution in [-0.4, -0.2) is 121 Å². The number of allylic oxidation sites excluding steroid dienone is 2. The number of rotatable bonds is 5. The third kappa shape index (κ3) is 19.7. The Balaban J connectivity index is 0.000000367. The van der Waals surface area contributed by atoms with Crippen molar-refractivity contribution in [2.45, 2.75) is 142 Å². The van der Waals surface area contributed by atoms with Crippen LogP contribution in [-0.2, 0) is 46.1 Å². The number of aliphatic hydroxyl groups is 3. The lowest BCUT2D eigenvalue weighted by atomic mass is 9.88. The van der Waals surface area contributed by atoms with Gasteiger partial charge in [-0.15, -0.1) is 0 Å². The number of phenolic OH excluding ortho intramolecular Hbond substituents is 2. The summed E-state index contributed by atoms with van der Waals surface area (Å²) in [6, 6.07) is 10.0. The average molecular weight is 966 g/mol. The Morgan fingerprint density at radius 2 is 1.01 bits per heavy atom. The first kappa shape index (κ1) is 58.2. The van der Waals surface area contributed by atoms with Gasteiger partial charge in [0.05, 0.1) is 36.6 Å². The monoisotopic (exact) mass is 966 g/mol. The van der Waals surface area contributed by atoms with Crippen molar-refractivity contribution < 1.29 is 63.6 Å². The Morgan fingerprint density at radius 3 is 1.42 bits per heavy atom. The highest BCUT2D eigenvalue weighted by atomic mass is 16.6. The van der Waals surface area contributed by atoms with Crippen LogP contribution in [0.15, 0.2) is 84.0 Å². The molecule has 0 fully saturated rings. The number of nitrogens with two attached hydrogens (primary N) is 1. The van der Waals surface area contributed by atoms with Gasteiger partial charge >= 0.3 is 6.09 Å². The van der Waals surface area contributed by atoms with Gasteiger partial charge in [0.25, 0.3) is 0 Å². The number of phenols is 2. The number of carbonyl (C=O) groups is 3. The largest absolute Gasteiger partial charge is 0.508 e. The van der Waals surface area contributed by atoms with E-state index in [1.807, 2.05) is 52.0 Å². The molecule has 0 saturated heterocycles. The lowest BCUT2D eigenvalue weighted by molar-refractivity contribution is -0.112. The number of benzene rings is 2. The number of amides is 3. The van der Waals surface area contributed by atoms with Crippen LogP contribution in [0.1, 0.15) is 91.2 Å². The van der Waals surface area contributed by atoms with Gasteiger partial charge in [-0.05, 0) is 136 Å². The van der Waals surface area contributed by atoms with E-state index >= 15 is 0 Å². The quantitative estimate of drug-likeness (QED) is 0.138. The molecule has 4 bridgehead atoms. The van der Waals surface area contributed by atoms with E-state index in [9.17, 15) is 39.9 Å². The highest BCUT2D eigenvalue weighted by molar-refractivity contribution is 6.00. The minimum Gasteiger partial charge on any atom is -0.508 e. The molecule has 0 spiro atoms. The standard InChI is InChI=1S/C27H40N2O7.C26H39NO6/c1-16-10-19-13-20(15-21(30)14-19)29-24(31)9-7-6-8-22(34-4)26(36-27(28)33)18(3)12-17(2)25(32)23(11-16)35-5;1-16-10-19-13-20(15-21(28)14-19)27-24(29)9-7-6-8-22(32-4)25(30)17(2)12-18(3)26(31)23(11-16)33-5/h7,9,12-17,22-23,25-26,30,32H,6,8,10-11H2,1-5H3,(H2,28,33)(H,29,31);7,9,12-16,18,22-23,25-26,28,30-31H,6,8,10-11H2,1-5H3,(H,27,29)/b9-7+,18-12+;9-7+,17-12+/t16-,17+,22+,23+,25-,26+;16-,18+,22+,23+,25+,26-/m11/s1. The predicted octanol–water partition coefficient (Wildman–Crippen LogP) is 7.27. The molecule has 9 N–H and O–H groups in total. The molecule has 2 heterocycles. The fourth-order valence-electron chi connectivity index (χ4n) is 9.09. The molecule has 384 valence electrons. The third-order valence-electron chi connectivity index (χ3n) is 12.7. The molecule has 3 amide bonds. The second-order valence-corrected chi connectivity index (χ2v) is 18.7. The molecule has 2 aliphatic rings. The van der Waals surface area contributed by atoms with Crippen LogP contribution in [0, 0.1) is 23.7 Å². The van der Waals surface area contributed by atoms with Crippen LogP contribution < -0.4 is 16.4 Å². The normalized spacial score (nSPS) is 32.0. The maximum absolute atomic E-state index is 12.4. The van der Waals surface area contributed by atoms with Crippen molar-refractivity contribution in [3.63, 3.8) is 0 Å². The lowest BCUT2D eigenvalue weighted by Gasteiger charge is -2.30. The summed E-state index contributed by atoms with van der Waals surface area (Å²) in [5.74, 6) is -0.760. The summed E-state index contributed by atoms with van der Waals surface area (Å²) in [7, 11) is 6.22. The van der Waals surface area contributed by atoms with Gasteiger partial charge in [0.1, 0.15) is 17.6 Å². The van der Waals surface area contributed by atoms with E-state index in [-0.39, 0.29) is 47.0 Å². The fourth-order valence-corrected chi connectivity index (χ4v) is 9.09. The van der Waals surface area contributed by atoms with Crippen LogP contribution in [0.2, 0.25) is 0 Å². The van der Waals surface area contributed by atoms with E-state index in [2.05, 4.69) is 17.6 Å². The lowest BCUT2D eigenvalue weighted by Crippen LogP contribution is -2.37. The number of methoxy groups -OCH3 is 4. The molecule has 0 saturated carbocycles. The second-order valence-electron chi connectivity index (χ2n) is 18.7. The molecule has 16 nitrogen and oxygen atoms in total. The summed E-state index contributed by atoms with van der Waals surface area (Å²) < 4.78 is 27.7. The van der Waals surface area contributed by atoms with Gasteiger partial charge < -0.3 is 65.6 Å². The second kappa shape index (κ2) is 29.2. The maximum atomic E-state index is 12.4. The Labute approximate surface area is 408 Å². The summed E-state index contributed by atoms with van der Waals surface area (Å²) >= 11 is 0. The third-order valence-corrected chi connectivity index (χ3v) is 12.7. The molecule has 0 aromatic heterocycles. The van der Waals surface area contributed by atoms with Gasteiger partial charge in [0, 0.05) is 63.8 Å². The average Bonchev–Trinajstić information content (AvgIpc) is 3.27. The smallest absolute Gasteiger partial charge is 0.405 e. The topological polar surface area (TPSA) is 249 Å². The van der Waals surface area contributed by atoms with Gasteiger partial charge in [-0.2, -0.15) is 0 Å². The van der Waals surface area contributed by atoms with E-state index in [1.165, 1.54) is 31.4 Å². The Kier molecular flexibility index (Phi) is 24.6. The molecule has 0 radical (unpaired) electrons. The fraction of sp³-hybridized carbons (Fsp3) is 0.566. The number of nitrogens with one attached hydrogen (secondary N) is 2. The van der Waals surface area contributed by atoms with Crippen molar-refractivity contribution in [1.29, 1.82) is 0 Å². The van der Waals surface area contributed by atoms with Crippen molar-refractivity contribution in [2.75, 3.05) is 39.1 Å². The Morgan fingerprint density at radius 1 is 0.609 bits per heavy atom. The van der Waals surface area contributed by atoms with Crippen LogP contribution in [0.4, 0.5) is 16.2 Å². The zero-order chi connectivity index (χ0) is 51.4. The number of aliphatic hydroxyl groups excluding tert-OH is 3. The van der Waals surface area contributed by atoms with E-state index in [0.717, 1.165) is 16.7 Å². The zero-order valence-corrected chi connectivity index (χ0v) is 42.1. The first-order chi connectivity index (χ1) is 32.7. The van der Waals surface area contributed by atoms with Crippen molar-refractivity contribution in [1.82, 2.24) is 0 Å². The summed E-state index contributed by atoms with van der Waals surface area (Å²) in [4.78, 5) is 36.4. The van der Waals surface area contributed by atoms with Crippen molar-refractivity contribution in [3.8, 4) is 11.5 Å². The number of fused-ring (bicyclic) bond motifs is 4. The summed E-state index contributed by atoms with van der Waals surface area (Å²) in [6.45, 7) is 11.5. The van der Waals surface area contributed by atoms with Gasteiger partial charge in [-0.3, -0.25) is 9.59 Å². The molecular formula is C53H79N3O13. The van der Waals surface area contributed by atoms with Gasteiger partial charge in [-0.25, -0.2) is 4.79 Å². The SMILES string of the molecule is CO[C@H]1C[C@H](C)Cc2cc(O)cc(c2)NC(=O)/C=C/CC[C@H](OC)[C@@H](O)/C(C)=C/[C@H](C)[C@H]1O.CO[C@H]1C[C@H](C)Cc2cc(O)cc(c2)NC(=O)/C=C/CC[C@H](OC)[C@@H](OC(N)=O)/C(C)=C/[C@H](C)[C@H]1O. The molecule has 69 heavy (non-hydrogen) atoms. The number of primary amides is 1. The van der Waals surface area contributed by atoms with Crippen molar-refractivity contribution in [3.05, 3.63) is 95.1 Å². The predicted molar refractivity (Wildman–Crippen MR) is 267 cm³/mol. The number of hydrogen-bond donors (Lipinski definition) is 8. The van der Waals surface area contributed by atoms with Crippen LogP contribution in [0.25, 0.3) is 0 Å². The van der Waals surface area contributed by atoms with Crippen LogP contribution in [0.3, 0.4) is 0 Å². The molecule has 2 aromatic carbocycles. The van der Waals surface area contributed by atoms with Crippen LogP contribution in [0.5, 0.6) is 11.5 Å².